The molecule has 21 nitrogen and oxygen atoms in total. The third-order valence-corrected chi connectivity index (χ3v) is 15.4. The van der Waals surface area contributed by atoms with Gasteiger partial charge in [-0.3, -0.25) is 33.5 Å². The van der Waals surface area contributed by atoms with E-state index in [1.165, 1.54) is 29.8 Å². The number of carbonyl (C=O) groups is 5. The van der Waals surface area contributed by atoms with E-state index in [2.05, 4.69) is 26.4 Å². The van der Waals surface area contributed by atoms with Gasteiger partial charge in [-0.05, 0) is 118 Å². The van der Waals surface area contributed by atoms with E-state index in [-0.39, 0.29) is 55.5 Å². The highest BCUT2D eigenvalue weighted by Gasteiger charge is 2.54. The Labute approximate surface area is 479 Å². The zero-order valence-electron chi connectivity index (χ0n) is 48.9. The number of benzene rings is 3. The van der Waals surface area contributed by atoms with Crippen molar-refractivity contribution in [3.63, 3.8) is 0 Å². The Hall–Kier alpha value is -7.05. The molecule has 1 fully saturated rings. The predicted molar refractivity (Wildman–Crippen MR) is 306 cm³/mol. The van der Waals surface area contributed by atoms with Gasteiger partial charge in [-0.1, -0.05) is 31.0 Å². The van der Waals surface area contributed by atoms with E-state index in [9.17, 15) is 33.6 Å². The minimum absolute atomic E-state index is 0.0452. The van der Waals surface area contributed by atoms with Crippen molar-refractivity contribution < 1.29 is 61.4 Å². The SMILES string of the molecule is CC(C)(C)C(=O)Oc1ccc2c(c1)Oc1cc(OC(=O)C(C)(C)C)ccc1C21OC(=O)c2ccccc21.COC[C@H]1O[C@@H](n2cc(/C=C/C(=O)NCCCCCCNC(C)=O)c(=O)[nH]c2=O)CC1OP(OCCC#N)N(C(C)C)C(C)C. The van der Waals surface area contributed by atoms with Crippen molar-refractivity contribution in [3.8, 4) is 29.1 Å². The van der Waals surface area contributed by atoms with Crippen LogP contribution in [-0.2, 0) is 48.0 Å². The van der Waals surface area contributed by atoms with Gasteiger partial charge in [-0.2, -0.15) is 5.26 Å². The molecule has 4 aromatic rings. The van der Waals surface area contributed by atoms with Gasteiger partial charge in [0, 0.05) is 86.7 Å². The third kappa shape index (κ3) is 16.1. The van der Waals surface area contributed by atoms with Gasteiger partial charge in [0.15, 0.2) is 5.60 Å². The average Bonchev–Trinajstić information content (AvgIpc) is 1.55. The number of amides is 2. The Balaban J connectivity index is 0.000000268. The van der Waals surface area contributed by atoms with E-state index in [0.717, 1.165) is 25.7 Å². The number of nitriles is 1. The maximum Gasteiger partial charge on any atom is 0.340 e. The maximum atomic E-state index is 13.0. The number of esters is 3. The fourth-order valence-electron chi connectivity index (χ4n) is 9.13. The quantitative estimate of drug-likeness (QED) is 0.0218. The molecule has 82 heavy (non-hydrogen) atoms. The zero-order valence-corrected chi connectivity index (χ0v) is 49.8. The molecule has 4 heterocycles. The zero-order chi connectivity index (χ0) is 60.1. The molecule has 0 aliphatic carbocycles. The first kappa shape index (κ1) is 64.1. The summed E-state index contributed by atoms with van der Waals surface area (Å²) in [6, 6.07) is 19.5. The molecule has 4 atom stereocenters. The van der Waals surface area contributed by atoms with Crippen LogP contribution in [0.3, 0.4) is 0 Å². The number of nitrogens with zero attached hydrogens (tertiary/aromatic N) is 3. The monoisotopic (exact) mass is 1150 g/mol. The summed E-state index contributed by atoms with van der Waals surface area (Å²) in [5.74, 6) is -0.348. The van der Waals surface area contributed by atoms with Crippen LogP contribution in [0.2, 0.25) is 0 Å². The molecule has 1 spiro atoms. The van der Waals surface area contributed by atoms with Crippen LogP contribution in [0, 0.1) is 22.2 Å². The highest BCUT2D eigenvalue weighted by atomic mass is 31.2. The molecule has 0 bridgehead atoms. The number of aromatic nitrogens is 2. The summed E-state index contributed by atoms with van der Waals surface area (Å²) in [4.78, 5) is 88.9. The smallest absolute Gasteiger partial charge is 0.340 e. The number of carbonyl (C=O) groups excluding carboxylic acids is 5. The number of H-pyrrole nitrogens is 1. The molecule has 22 heteroatoms. The molecule has 0 radical (unpaired) electrons. The largest absolute Gasteiger partial charge is 0.456 e. The lowest BCUT2D eigenvalue weighted by Crippen LogP contribution is -2.36. The number of hydrogen-bond acceptors (Lipinski definition) is 17. The second-order valence-electron chi connectivity index (χ2n) is 22.6. The number of nitrogens with one attached hydrogen (secondary N) is 3. The number of methoxy groups -OCH3 is 1. The van der Waals surface area contributed by atoms with Crippen molar-refractivity contribution in [1.82, 2.24) is 24.9 Å². The Bertz CT molecular complexity index is 3050. The van der Waals surface area contributed by atoms with Gasteiger partial charge in [0.05, 0.1) is 53.8 Å². The van der Waals surface area contributed by atoms with Crippen LogP contribution < -0.4 is 36.1 Å². The van der Waals surface area contributed by atoms with Crippen LogP contribution in [0.1, 0.15) is 154 Å². The molecule has 3 aromatic carbocycles. The standard InChI is InChI=1S/C30H49N6O8P.C30H28O7/c1-21(2)36(22(3)4)45(42-17-11-14-31)44-25-18-28(43-26(25)20-41-6)35-19-24(29(39)34-30(35)40)12-13-27(38)33-16-10-8-7-9-15-32-23(5)37;1-28(2,3)26(32)34-17-11-13-21-23(15-17)36-24-16-18(35-27(33)29(4,5)6)12-14-22(24)30(21)20-10-8-7-9-19(20)25(31)37-30/h12-13,19,21-22,25-26,28H,7-11,15-18,20H2,1-6H3,(H,32,37)(H,33,38)(H,34,39,40);7-16H,1-6H3/b13-12+;/t25?,26-,28-,45?;/m1./s1. The van der Waals surface area contributed by atoms with E-state index in [1.54, 1.807) is 97.2 Å². The summed E-state index contributed by atoms with van der Waals surface area (Å²) >= 11 is 0. The minimum Gasteiger partial charge on any atom is -0.456 e. The molecular weight excluding hydrogens is 1080 g/mol. The van der Waals surface area contributed by atoms with Crippen molar-refractivity contribution in [3.05, 3.63) is 122 Å². The molecular formula is C60H77N6O15P. The van der Waals surface area contributed by atoms with Gasteiger partial charge in [0.2, 0.25) is 11.8 Å². The number of ether oxygens (including phenoxy) is 6. The van der Waals surface area contributed by atoms with Gasteiger partial charge in [-0.15, -0.1) is 0 Å². The van der Waals surface area contributed by atoms with Gasteiger partial charge >= 0.3 is 23.6 Å². The summed E-state index contributed by atoms with van der Waals surface area (Å²) in [7, 11) is -0.0211. The molecule has 3 aliphatic rings. The fraction of sp³-hybridized carbons (Fsp3) is 0.500. The Morgan fingerprint density at radius 3 is 1.99 bits per heavy atom. The van der Waals surface area contributed by atoms with Crippen molar-refractivity contribution in [2.24, 2.45) is 10.8 Å². The van der Waals surface area contributed by atoms with Crippen molar-refractivity contribution in [1.29, 1.82) is 5.26 Å². The first-order valence-electron chi connectivity index (χ1n) is 27.5. The van der Waals surface area contributed by atoms with Gasteiger partial charge < -0.3 is 48.1 Å². The number of fused-ring (bicyclic) bond motifs is 6. The highest BCUT2D eigenvalue weighted by Crippen LogP contribution is 2.57. The summed E-state index contributed by atoms with van der Waals surface area (Å²) in [5, 5.41) is 14.6. The molecule has 442 valence electrons. The number of hydrogen-bond donors (Lipinski definition) is 3. The topological polar surface area (TPSA) is 265 Å². The van der Waals surface area contributed by atoms with E-state index in [4.69, 9.17) is 42.7 Å². The van der Waals surface area contributed by atoms with Crippen molar-refractivity contribution in [2.75, 3.05) is 33.4 Å². The number of rotatable bonds is 22. The lowest BCUT2D eigenvalue weighted by Gasteiger charge is -2.37. The molecule has 1 saturated heterocycles. The lowest BCUT2D eigenvalue weighted by molar-refractivity contribution is -0.143. The van der Waals surface area contributed by atoms with E-state index in [1.807, 2.05) is 39.8 Å². The van der Waals surface area contributed by atoms with E-state index >= 15 is 0 Å². The molecule has 3 N–H and O–H groups in total. The van der Waals surface area contributed by atoms with Crippen molar-refractivity contribution in [2.45, 2.75) is 151 Å². The normalized spacial score (nSPS) is 17.2. The summed E-state index contributed by atoms with van der Waals surface area (Å²) in [5.41, 5.74) is -1.54. The first-order valence-corrected chi connectivity index (χ1v) is 28.6. The molecule has 3 aliphatic heterocycles. The summed E-state index contributed by atoms with van der Waals surface area (Å²) < 4.78 is 51.1. The minimum atomic E-state index is -1.57. The Morgan fingerprint density at radius 2 is 1.44 bits per heavy atom. The molecule has 0 saturated carbocycles. The number of unbranched alkanes of at least 4 members (excludes halogenated alkanes) is 3. The van der Waals surface area contributed by atoms with Gasteiger partial charge in [-0.25, -0.2) is 14.3 Å². The van der Waals surface area contributed by atoms with Crippen LogP contribution in [0.25, 0.3) is 6.08 Å². The lowest BCUT2D eigenvalue weighted by atomic mass is 9.77. The van der Waals surface area contributed by atoms with Gasteiger partial charge in [0.1, 0.15) is 35.3 Å². The summed E-state index contributed by atoms with van der Waals surface area (Å²) in [6.45, 7) is 21.8. The molecule has 2 amide bonds. The van der Waals surface area contributed by atoms with Gasteiger partial charge in [0.25, 0.3) is 14.1 Å². The van der Waals surface area contributed by atoms with Crippen LogP contribution in [0.4, 0.5) is 0 Å². The van der Waals surface area contributed by atoms with Crippen LogP contribution in [0.15, 0.2) is 82.5 Å². The highest BCUT2D eigenvalue weighted by molar-refractivity contribution is 7.44. The van der Waals surface area contributed by atoms with Crippen molar-refractivity contribution >= 4 is 44.3 Å². The van der Waals surface area contributed by atoms with Crippen LogP contribution in [0.5, 0.6) is 23.0 Å². The second-order valence-corrected chi connectivity index (χ2v) is 24.0. The molecule has 1 aromatic heterocycles. The molecule has 2 unspecified atom stereocenters. The van der Waals surface area contributed by atoms with Crippen LogP contribution >= 0.6 is 8.53 Å². The fourth-order valence-corrected chi connectivity index (χ4v) is 10.9. The Morgan fingerprint density at radius 1 is 0.854 bits per heavy atom. The summed E-state index contributed by atoms with van der Waals surface area (Å²) in [6.07, 6.45) is 6.19. The van der Waals surface area contributed by atoms with Crippen LogP contribution in [-0.4, -0.2) is 102 Å². The molecule has 7 rings (SSSR count). The maximum absolute atomic E-state index is 13.0. The Kier molecular flexibility index (Phi) is 22.1. The van der Waals surface area contributed by atoms with E-state index in [0.29, 0.717) is 58.3 Å². The van der Waals surface area contributed by atoms with E-state index < -0.39 is 72.5 Å². The second kappa shape index (κ2) is 28.3. The predicted octanol–water partition coefficient (Wildman–Crippen LogP) is 9.12. The first-order chi connectivity index (χ1) is 38.8. The third-order valence-electron chi connectivity index (χ3n) is 13.2. The number of aromatic amines is 1. The average molecular weight is 1150 g/mol.